The van der Waals surface area contributed by atoms with Crippen molar-refractivity contribution in [3.05, 3.63) is 11.6 Å². The molecule has 0 bridgehead atoms. The summed E-state index contributed by atoms with van der Waals surface area (Å²) in [6.07, 6.45) is 4.05. The Bertz CT molecular complexity index is 518. The first-order chi connectivity index (χ1) is 9.94. The number of hydrogen-bond donors (Lipinski definition) is 3. The number of aromatic nitrogens is 3. The van der Waals surface area contributed by atoms with Gasteiger partial charge in [0.2, 0.25) is 5.82 Å². The Labute approximate surface area is 123 Å². The van der Waals surface area contributed by atoms with Gasteiger partial charge in [0.1, 0.15) is 5.82 Å². The fourth-order valence-electron chi connectivity index (χ4n) is 2.66. The van der Waals surface area contributed by atoms with Gasteiger partial charge in [0.05, 0.1) is 5.41 Å². The molecule has 1 amide bonds. The van der Waals surface area contributed by atoms with Crippen LogP contribution in [-0.2, 0) is 4.79 Å². The van der Waals surface area contributed by atoms with Crippen LogP contribution in [0.25, 0.3) is 0 Å². The second-order valence-electron chi connectivity index (χ2n) is 6.03. The van der Waals surface area contributed by atoms with E-state index in [9.17, 15) is 14.7 Å². The largest absolute Gasteiger partial charge is 0.481 e. The molecule has 0 saturated heterocycles. The second-order valence-corrected chi connectivity index (χ2v) is 6.03. The molecule has 7 nitrogen and oxygen atoms in total. The number of rotatable bonds is 5. The topological polar surface area (TPSA) is 108 Å². The minimum Gasteiger partial charge on any atom is -0.481 e. The Kier molecular flexibility index (Phi) is 4.59. The van der Waals surface area contributed by atoms with Crippen molar-refractivity contribution < 1.29 is 14.7 Å². The Morgan fingerprint density at radius 1 is 1.33 bits per heavy atom. The maximum absolute atomic E-state index is 12.0. The van der Waals surface area contributed by atoms with Gasteiger partial charge in [-0.15, -0.1) is 5.10 Å². The van der Waals surface area contributed by atoms with Gasteiger partial charge in [0.25, 0.3) is 5.91 Å². The van der Waals surface area contributed by atoms with E-state index in [0.717, 1.165) is 19.3 Å². The third-order valence-electron chi connectivity index (χ3n) is 4.10. The van der Waals surface area contributed by atoms with Crippen LogP contribution in [0.1, 0.15) is 68.3 Å². The second kappa shape index (κ2) is 6.24. The summed E-state index contributed by atoms with van der Waals surface area (Å²) >= 11 is 0. The highest BCUT2D eigenvalue weighted by atomic mass is 16.4. The van der Waals surface area contributed by atoms with Crippen molar-refractivity contribution >= 4 is 11.9 Å². The number of aromatic amines is 1. The average molecular weight is 294 g/mol. The molecule has 2 rings (SSSR count). The molecule has 21 heavy (non-hydrogen) atoms. The lowest BCUT2D eigenvalue weighted by Gasteiger charge is -2.32. The molecule has 1 fully saturated rings. The molecule has 1 heterocycles. The normalized spacial score (nSPS) is 17.7. The van der Waals surface area contributed by atoms with Gasteiger partial charge >= 0.3 is 5.97 Å². The molecule has 1 aromatic rings. The number of hydrogen-bond acceptors (Lipinski definition) is 4. The van der Waals surface area contributed by atoms with Crippen molar-refractivity contribution in [1.82, 2.24) is 20.5 Å². The van der Waals surface area contributed by atoms with E-state index in [0.29, 0.717) is 18.7 Å². The molecule has 0 unspecified atom stereocenters. The number of H-pyrrole nitrogens is 1. The number of carbonyl (C=O) groups excluding carboxylic acids is 1. The van der Waals surface area contributed by atoms with Crippen molar-refractivity contribution in [2.45, 2.75) is 51.9 Å². The molecule has 7 heteroatoms. The lowest BCUT2D eigenvalue weighted by Crippen LogP contribution is -2.44. The minimum atomic E-state index is -0.842. The van der Waals surface area contributed by atoms with Crippen LogP contribution in [0.15, 0.2) is 0 Å². The molecule has 0 aromatic carbocycles. The zero-order valence-corrected chi connectivity index (χ0v) is 12.5. The molecule has 1 aliphatic rings. The molecule has 1 aromatic heterocycles. The van der Waals surface area contributed by atoms with Gasteiger partial charge in [-0.2, -0.15) is 0 Å². The molecule has 0 aliphatic heterocycles. The number of aliphatic carboxylic acids is 1. The molecule has 3 N–H and O–H groups in total. The number of amides is 1. The van der Waals surface area contributed by atoms with Crippen molar-refractivity contribution in [2.75, 3.05) is 6.54 Å². The Morgan fingerprint density at radius 2 is 2.00 bits per heavy atom. The highest BCUT2D eigenvalue weighted by Gasteiger charge is 2.40. The average Bonchev–Trinajstić information content (AvgIpc) is 2.95. The summed E-state index contributed by atoms with van der Waals surface area (Å²) in [5.74, 6) is -0.395. The molecule has 0 radical (unpaired) electrons. The summed E-state index contributed by atoms with van der Waals surface area (Å²) in [7, 11) is 0. The van der Waals surface area contributed by atoms with Crippen molar-refractivity contribution in [1.29, 1.82) is 0 Å². The number of nitrogens with one attached hydrogen (secondary N) is 2. The van der Waals surface area contributed by atoms with Gasteiger partial charge in [-0.25, -0.2) is 4.98 Å². The zero-order chi connectivity index (χ0) is 15.5. The minimum absolute atomic E-state index is 0.0649. The van der Waals surface area contributed by atoms with Crippen LogP contribution in [0.3, 0.4) is 0 Å². The highest BCUT2D eigenvalue weighted by molar-refractivity contribution is 5.90. The SMILES string of the molecule is CC(C)c1nc(C(=O)NCC2(C(=O)O)CCCCC2)n[nH]1. The molecular formula is C14H22N4O3. The van der Waals surface area contributed by atoms with Gasteiger partial charge in [-0.3, -0.25) is 14.7 Å². The molecular weight excluding hydrogens is 272 g/mol. The summed E-state index contributed by atoms with van der Waals surface area (Å²) in [6, 6.07) is 0. The molecule has 116 valence electrons. The quantitative estimate of drug-likeness (QED) is 0.766. The summed E-state index contributed by atoms with van der Waals surface area (Å²) < 4.78 is 0. The highest BCUT2D eigenvalue weighted by Crippen LogP contribution is 2.36. The maximum atomic E-state index is 12.0. The Balaban J connectivity index is 1.99. The summed E-state index contributed by atoms with van der Waals surface area (Å²) in [5, 5.41) is 18.7. The number of carbonyl (C=O) groups is 2. The van der Waals surface area contributed by atoms with E-state index >= 15 is 0 Å². The van der Waals surface area contributed by atoms with E-state index in [4.69, 9.17) is 0 Å². The fraction of sp³-hybridized carbons (Fsp3) is 0.714. The molecule has 1 saturated carbocycles. The first kappa shape index (κ1) is 15.5. The first-order valence-electron chi connectivity index (χ1n) is 7.38. The molecule has 0 spiro atoms. The smallest absolute Gasteiger partial charge is 0.311 e. The van der Waals surface area contributed by atoms with Crippen molar-refractivity contribution in [3.8, 4) is 0 Å². The van der Waals surface area contributed by atoms with E-state index in [2.05, 4.69) is 20.5 Å². The predicted molar refractivity (Wildman–Crippen MR) is 76.0 cm³/mol. The van der Waals surface area contributed by atoms with Crippen LogP contribution in [0.4, 0.5) is 0 Å². The fourth-order valence-corrected chi connectivity index (χ4v) is 2.66. The van der Waals surface area contributed by atoms with Gasteiger partial charge in [-0.05, 0) is 12.8 Å². The van der Waals surface area contributed by atoms with Gasteiger partial charge < -0.3 is 10.4 Å². The lowest BCUT2D eigenvalue weighted by atomic mass is 9.74. The molecule has 0 atom stereocenters. The standard InChI is InChI=1S/C14H22N4O3/c1-9(2)10-16-11(18-17-10)12(19)15-8-14(13(20)21)6-4-3-5-7-14/h9H,3-8H2,1-2H3,(H,15,19)(H,20,21)(H,16,17,18). The van der Waals surface area contributed by atoms with E-state index in [-0.39, 0.29) is 18.3 Å². The van der Waals surface area contributed by atoms with Crippen molar-refractivity contribution in [3.63, 3.8) is 0 Å². The third-order valence-corrected chi connectivity index (χ3v) is 4.10. The Hall–Kier alpha value is -1.92. The van der Waals surface area contributed by atoms with Crippen LogP contribution in [0.5, 0.6) is 0 Å². The van der Waals surface area contributed by atoms with Crippen LogP contribution >= 0.6 is 0 Å². The monoisotopic (exact) mass is 294 g/mol. The summed E-state index contributed by atoms with van der Waals surface area (Å²) in [6.45, 7) is 4.03. The van der Waals surface area contributed by atoms with Gasteiger partial charge in [0, 0.05) is 12.5 Å². The van der Waals surface area contributed by atoms with Crippen LogP contribution < -0.4 is 5.32 Å². The predicted octanol–water partition coefficient (Wildman–Crippen LogP) is 1.69. The number of carboxylic acid groups (broad SMARTS) is 1. The third kappa shape index (κ3) is 3.40. The summed E-state index contributed by atoms with van der Waals surface area (Å²) in [5.41, 5.74) is -0.842. The van der Waals surface area contributed by atoms with Crippen LogP contribution in [0.2, 0.25) is 0 Å². The lowest BCUT2D eigenvalue weighted by molar-refractivity contribution is -0.150. The number of carboxylic acids is 1. The van der Waals surface area contributed by atoms with E-state index in [1.54, 1.807) is 0 Å². The number of nitrogens with zero attached hydrogens (tertiary/aromatic N) is 2. The zero-order valence-electron chi connectivity index (χ0n) is 12.5. The van der Waals surface area contributed by atoms with Crippen LogP contribution in [0, 0.1) is 5.41 Å². The maximum Gasteiger partial charge on any atom is 0.311 e. The summed E-state index contributed by atoms with van der Waals surface area (Å²) in [4.78, 5) is 27.7. The van der Waals surface area contributed by atoms with Gasteiger partial charge in [-0.1, -0.05) is 33.1 Å². The molecule has 1 aliphatic carbocycles. The first-order valence-corrected chi connectivity index (χ1v) is 7.38. The van der Waals surface area contributed by atoms with Crippen LogP contribution in [-0.4, -0.2) is 38.7 Å². The van der Waals surface area contributed by atoms with E-state index < -0.39 is 17.3 Å². The van der Waals surface area contributed by atoms with Gasteiger partial charge in [0.15, 0.2) is 0 Å². The van der Waals surface area contributed by atoms with E-state index in [1.807, 2.05) is 13.8 Å². The van der Waals surface area contributed by atoms with E-state index in [1.165, 1.54) is 0 Å². The van der Waals surface area contributed by atoms with Crippen molar-refractivity contribution in [2.24, 2.45) is 5.41 Å². The Morgan fingerprint density at radius 3 is 2.52 bits per heavy atom.